The van der Waals surface area contributed by atoms with E-state index in [0.717, 1.165) is 36.3 Å². The molecule has 21 heavy (non-hydrogen) atoms. The van der Waals surface area contributed by atoms with Gasteiger partial charge >= 0.3 is 0 Å². The van der Waals surface area contributed by atoms with E-state index in [1.165, 1.54) is 16.8 Å². The quantitative estimate of drug-likeness (QED) is 0.883. The van der Waals surface area contributed by atoms with Crippen LogP contribution in [0.15, 0.2) is 30.3 Å². The predicted molar refractivity (Wildman–Crippen MR) is 91.4 cm³/mol. The Hall–Kier alpha value is -1.94. The molecule has 0 saturated carbocycles. The Labute approximate surface area is 130 Å². The standard InChI is InChI=1S/C17H19N3S/c1-11-6-3-4-9-15(11)20(2)17-13(16(18)21)10-12-7-5-8-14(12)19-17/h3-4,6,9-10H,5,7-8H2,1-2H3,(H2,18,21). The number of thiocarbonyl (C=S) groups is 1. The molecule has 1 heterocycles. The fourth-order valence-corrected chi connectivity index (χ4v) is 3.10. The highest BCUT2D eigenvalue weighted by Crippen LogP contribution is 2.31. The predicted octanol–water partition coefficient (Wildman–Crippen LogP) is 3.28. The van der Waals surface area contributed by atoms with Crippen LogP contribution in [0.3, 0.4) is 0 Å². The molecule has 1 aliphatic carbocycles. The molecule has 1 aliphatic rings. The summed E-state index contributed by atoms with van der Waals surface area (Å²) < 4.78 is 0. The van der Waals surface area contributed by atoms with Crippen LogP contribution in [-0.2, 0) is 12.8 Å². The van der Waals surface area contributed by atoms with Gasteiger partial charge in [0.25, 0.3) is 0 Å². The Bertz CT molecular complexity index is 709. The minimum atomic E-state index is 0.410. The lowest BCUT2D eigenvalue weighted by molar-refractivity contribution is 0.898. The van der Waals surface area contributed by atoms with Crippen molar-refractivity contribution in [3.63, 3.8) is 0 Å². The third-order valence-corrected chi connectivity index (χ3v) is 4.31. The van der Waals surface area contributed by atoms with E-state index in [1.807, 2.05) is 19.2 Å². The highest BCUT2D eigenvalue weighted by molar-refractivity contribution is 7.80. The number of hydrogen-bond donors (Lipinski definition) is 1. The molecular formula is C17H19N3S. The molecule has 1 aromatic heterocycles. The molecule has 0 bridgehead atoms. The van der Waals surface area contributed by atoms with Crippen molar-refractivity contribution < 1.29 is 0 Å². The minimum absolute atomic E-state index is 0.410. The Morgan fingerprint density at radius 3 is 2.76 bits per heavy atom. The van der Waals surface area contributed by atoms with Gasteiger partial charge in [-0.2, -0.15) is 0 Å². The molecule has 0 atom stereocenters. The molecule has 0 aliphatic heterocycles. The number of anilines is 2. The summed E-state index contributed by atoms with van der Waals surface area (Å²) >= 11 is 5.23. The average molecular weight is 297 g/mol. The highest BCUT2D eigenvalue weighted by Gasteiger charge is 2.20. The summed E-state index contributed by atoms with van der Waals surface area (Å²) in [7, 11) is 2.02. The first-order chi connectivity index (χ1) is 10.1. The van der Waals surface area contributed by atoms with E-state index in [4.69, 9.17) is 22.9 Å². The number of benzene rings is 1. The SMILES string of the molecule is Cc1ccccc1N(C)c1nc2c(cc1C(N)=S)CCC2. The number of aromatic nitrogens is 1. The molecule has 108 valence electrons. The van der Waals surface area contributed by atoms with Gasteiger partial charge in [-0.1, -0.05) is 30.4 Å². The zero-order chi connectivity index (χ0) is 15.0. The summed E-state index contributed by atoms with van der Waals surface area (Å²) in [5, 5.41) is 0. The summed E-state index contributed by atoms with van der Waals surface area (Å²) in [5.74, 6) is 0.859. The van der Waals surface area contributed by atoms with Gasteiger partial charge in [0, 0.05) is 18.4 Å². The van der Waals surface area contributed by atoms with E-state index in [9.17, 15) is 0 Å². The first-order valence-electron chi connectivity index (χ1n) is 7.20. The summed E-state index contributed by atoms with van der Waals surface area (Å²) in [4.78, 5) is 7.35. The fraction of sp³-hybridized carbons (Fsp3) is 0.294. The van der Waals surface area contributed by atoms with Gasteiger partial charge in [0.05, 0.1) is 5.56 Å². The zero-order valence-electron chi connectivity index (χ0n) is 12.4. The molecule has 0 spiro atoms. The van der Waals surface area contributed by atoms with Gasteiger partial charge < -0.3 is 10.6 Å². The molecule has 1 aromatic carbocycles. The summed E-state index contributed by atoms with van der Waals surface area (Å²) in [6, 6.07) is 10.4. The van der Waals surface area contributed by atoms with Crippen molar-refractivity contribution in [2.24, 2.45) is 5.73 Å². The molecule has 0 amide bonds. The Morgan fingerprint density at radius 2 is 2.05 bits per heavy atom. The van der Waals surface area contributed by atoms with E-state index in [-0.39, 0.29) is 0 Å². The van der Waals surface area contributed by atoms with Crippen LogP contribution >= 0.6 is 12.2 Å². The number of fused-ring (bicyclic) bond motifs is 1. The Kier molecular flexibility index (Phi) is 3.64. The molecule has 4 heteroatoms. The topological polar surface area (TPSA) is 42.2 Å². The van der Waals surface area contributed by atoms with E-state index in [1.54, 1.807) is 0 Å². The molecule has 0 fully saturated rings. The molecular weight excluding hydrogens is 278 g/mol. The second-order valence-corrected chi connectivity index (χ2v) is 5.97. The van der Waals surface area contributed by atoms with E-state index < -0.39 is 0 Å². The van der Waals surface area contributed by atoms with Crippen LogP contribution in [0.1, 0.15) is 28.8 Å². The normalized spacial score (nSPS) is 13.0. The van der Waals surface area contributed by atoms with Crippen molar-refractivity contribution in [2.75, 3.05) is 11.9 Å². The molecule has 3 nitrogen and oxygen atoms in total. The van der Waals surface area contributed by atoms with Crippen LogP contribution in [0.4, 0.5) is 11.5 Å². The van der Waals surface area contributed by atoms with Crippen LogP contribution in [-0.4, -0.2) is 17.0 Å². The maximum atomic E-state index is 5.93. The fourth-order valence-electron chi connectivity index (χ4n) is 2.95. The number of rotatable bonds is 3. The van der Waals surface area contributed by atoms with E-state index in [2.05, 4.69) is 30.0 Å². The molecule has 0 radical (unpaired) electrons. The van der Waals surface area contributed by atoms with Crippen molar-refractivity contribution in [3.8, 4) is 0 Å². The van der Waals surface area contributed by atoms with Gasteiger partial charge in [-0.25, -0.2) is 4.98 Å². The molecule has 2 N–H and O–H groups in total. The summed E-state index contributed by atoms with van der Waals surface area (Å²) in [5.41, 5.74) is 11.6. The monoisotopic (exact) mass is 297 g/mol. The van der Waals surface area contributed by atoms with Crippen molar-refractivity contribution in [3.05, 3.63) is 52.7 Å². The van der Waals surface area contributed by atoms with Crippen LogP contribution < -0.4 is 10.6 Å². The number of para-hydroxylation sites is 1. The lowest BCUT2D eigenvalue weighted by atomic mass is 10.1. The lowest BCUT2D eigenvalue weighted by Gasteiger charge is -2.23. The van der Waals surface area contributed by atoms with Crippen molar-refractivity contribution >= 4 is 28.7 Å². The molecule has 0 saturated heterocycles. The van der Waals surface area contributed by atoms with E-state index in [0.29, 0.717) is 4.99 Å². The van der Waals surface area contributed by atoms with Crippen molar-refractivity contribution in [1.29, 1.82) is 0 Å². The van der Waals surface area contributed by atoms with Gasteiger partial charge in [-0.3, -0.25) is 0 Å². The number of hydrogen-bond acceptors (Lipinski definition) is 3. The van der Waals surface area contributed by atoms with Gasteiger partial charge in [-0.15, -0.1) is 0 Å². The van der Waals surface area contributed by atoms with E-state index >= 15 is 0 Å². The second kappa shape index (κ2) is 5.45. The Balaban J connectivity index is 2.13. The van der Waals surface area contributed by atoms with Crippen LogP contribution in [0, 0.1) is 6.92 Å². The van der Waals surface area contributed by atoms with Crippen molar-refractivity contribution in [1.82, 2.24) is 4.98 Å². The maximum Gasteiger partial charge on any atom is 0.143 e. The van der Waals surface area contributed by atoms with Crippen LogP contribution in [0.2, 0.25) is 0 Å². The number of nitrogens with two attached hydrogens (primary N) is 1. The third-order valence-electron chi connectivity index (χ3n) is 4.09. The van der Waals surface area contributed by atoms with Gasteiger partial charge in [0.1, 0.15) is 10.8 Å². The first-order valence-corrected chi connectivity index (χ1v) is 7.60. The number of pyridine rings is 1. The van der Waals surface area contributed by atoms with Gasteiger partial charge in [0.15, 0.2) is 0 Å². The third kappa shape index (κ3) is 2.51. The molecule has 2 aromatic rings. The lowest BCUT2D eigenvalue weighted by Crippen LogP contribution is -2.20. The molecule has 3 rings (SSSR count). The Morgan fingerprint density at radius 1 is 1.29 bits per heavy atom. The second-order valence-electron chi connectivity index (χ2n) is 5.53. The number of nitrogens with zero attached hydrogens (tertiary/aromatic N) is 2. The summed E-state index contributed by atoms with van der Waals surface area (Å²) in [6.07, 6.45) is 3.28. The highest BCUT2D eigenvalue weighted by atomic mass is 32.1. The minimum Gasteiger partial charge on any atom is -0.389 e. The number of aryl methyl sites for hydroxylation is 3. The van der Waals surface area contributed by atoms with Gasteiger partial charge in [0.2, 0.25) is 0 Å². The largest absolute Gasteiger partial charge is 0.389 e. The average Bonchev–Trinajstić information content (AvgIpc) is 2.93. The summed E-state index contributed by atoms with van der Waals surface area (Å²) in [6.45, 7) is 2.10. The maximum absolute atomic E-state index is 5.93. The van der Waals surface area contributed by atoms with Crippen molar-refractivity contribution in [2.45, 2.75) is 26.2 Å². The smallest absolute Gasteiger partial charge is 0.143 e. The first kappa shape index (κ1) is 14.0. The van der Waals surface area contributed by atoms with Gasteiger partial charge in [-0.05, 0) is 49.4 Å². The zero-order valence-corrected chi connectivity index (χ0v) is 13.2. The van der Waals surface area contributed by atoms with Crippen LogP contribution in [0.5, 0.6) is 0 Å². The molecule has 0 unspecified atom stereocenters. The van der Waals surface area contributed by atoms with Crippen LogP contribution in [0.25, 0.3) is 0 Å².